The third-order valence-electron chi connectivity index (χ3n) is 5.86. The van der Waals surface area contributed by atoms with Crippen LogP contribution in [0.2, 0.25) is 0 Å². The number of ether oxygens (including phenoxy) is 2. The second kappa shape index (κ2) is 10.7. The molecule has 0 radical (unpaired) electrons. The van der Waals surface area contributed by atoms with Crippen LogP contribution in [0.25, 0.3) is 0 Å². The van der Waals surface area contributed by atoms with Crippen molar-refractivity contribution >= 4 is 5.96 Å². The quantitative estimate of drug-likeness (QED) is 0.496. The molecule has 1 aliphatic rings. The Morgan fingerprint density at radius 2 is 1.84 bits per heavy atom. The molecule has 0 spiro atoms. The standard InChI is InChI=1S/C24H37N5O3/c1-7-25-23(29-12-10-28(11-13-29)16-20-14-18(2)32-27-20)26-17-24(3,4)19-8-9-21(30-5)22(15-19)31-6/h8-9,14-15H,7,10-13,16-17H2,1-6H3,(H,25,26). The monoisotopic (exact) mass is 443 g/mol. The molecular formula is C24H37N5O3. The van der Waals surface area contributed by atoms with Gasteiger partial charge < -0.3 is 24.2 Å². The maximum atomic E-state index is 5.49. The molecule has 0 saturated carbocycles. The second-order valence-electron chi connectivity index (χ2n) is 8.82. The summed E-state index contributed by atoms with van der Waals surface area (Å²) in [6.07, 6.45) is 0. The van der Waals surface area contributed by atoms with Gasteiger partial charge in [0, 0.05) is 50.7 Å². The Balaban J connectivity index is 1.64. The van der Waals surface area contributed by atoms with Crippen LogP contribution in [0.15, 0.2) is 33.8 Å². The fourth-order valence-electron chi connectivity index (χ4n) is 3.89. The van der Waals surface area contributed by atoms with Gasteiger partial charge in [-0.2, -0.15) is 0 Å². The summed E-state index contributed by atoms with van der Waals surface area (Å²) in [6.45, 7) is 14.6. The zero-order chi connectivity index (χ0) is 23.1. The molecule has 32 heavy (non-hydrogen) atoms. The van der Waals surface area contributed by atoms with Crippen molar-refractivity contribution in [2.75, 3.05) is 53.5 Å². The van der Waals surface area contributed by atoms with Gasteiger partial charge in [0.05, 0.1) is 26.5 Å². The van der Waals surface area contributed by atoms with Crippen LogP contribution in [0.1, 0.15) is 37.8 Å². The molecule has 2 aromatic rings. The number of nitrogens with zero attached hydrogens (tertiary/aromatic N) is 4. The van der Waals surface area contributed by atoms with Crippen molar-refractivity contribution in [3.8, 4) is 11.5 Å². The Bertz CT molecular complexity index is 901. The maximum Gasteiger partial charge on any atom is 0.194 e. The smallest absolute Gasteiger partial charge is 0.194 e. The molecule has 1 fully saturated rings. The van der Waals surface area contributed by atoms with Gasteiger partial charge in [0.2, 0.25) is 0 Å². The number of aryl methyl sites for hydroxylation is 1. The lowest BCUT2D eigenvalue weighted by Crippen LogP contribution is -2.52. The largest absolute Gasteiger partial charge is 0.493 e. The molecule has 0 bridgehead atoms. The summed E-state index contributed by atoms with van der Waals surface area (Å²) >= 11 is 0. The summed E-state index contributed by atoms with van der Waals surface area (Å²) in [4.78, 5) is 9.76. The summed E-state index contributed by atoms with van der Waals surface area (Å²) in [5.74, 6) is 3.31. The van der Waals surface area contributed by atoms with E-state index in [1.165, 1.54) is 5.56 Å². The van der Waals surface area contributed by atoms with Gasteiger partial charge >= 0.3 is 0 Å². The van der Waals surface area contributed by atoms with E-state index in [1.54, 1.807) is 14.2 Å². The van der Waals surface area contributed by atoms with Crippen LogP contribution in [-0.2, 0) is 12.0 Å². The topological polar surface area (TPSA) is 75.4 Å². The van der Waals surface area contributed by atoms with Crippen molar-refractivity contribution in [1.82, 2.24) is 20.3 Å². The molecular weight excluding hydrogens is 406 g/mol. The van der Waals surface area contributed by atoms with E-state index in [0.717, 1.165) is 68.2 Å². The zero-order valence-electron chi connectivity index (χ0n) is 20.3. The minimum absolute atomic E-state index is 0.146. The minimum Gasteiger partial charge on any atom is -0.493 e. The van der Waals surface area contributed by atoms with Gasteiger partial charge in [0.15, 0.2) is 17.5 Å². The van der Waals surface area contributed by atoms with Gasteiger partial charge in [-0.25, -0.2) is 0 Å². The number of nitrogens with one attached hydrogen (secondary N) is 1. The SMILES string of the molecule is CCNC(=NCC(C)(C)c1ccc(OC)c(OC)c1)N1CCN(Cc2cc(C)on2)CC1. The predicted octanol–water partition coefficient (Wildman–Crippen LogP) is 3.06. The summed E-state index contributed by atoms with van der Waals surface area (Å²) in [6, 6.07) is 8.11. The lowest BCUT2D eigenvalue weighted by molar-refractivity contribution is 0.169. The number of hydrogen-bond acceptors (Lipinski definition) is 6. The number of rotatable bonds is 8. The highest BCUT2D eigenvalue weighted by molar-refractivity contribution is 5.80. The van der Waals surface area contributed by atoms with Crippen molar-refractivity contribution in [2.45, 2.75) is 39.7 Å². The molecule has 0 unspecified atom stereocenters. The van der Waals surface area contributed by atoms with Crippen molar-refractivity contribution < 1.29 is 14.0 Å². The summed E-state index contributed by atoms with van der Waals surface area (Å²) in [7, 11) is 3.32. The fourth-order valence-corrected chi connectivity index (χ4v) is 3.89. The third kappa shape index (κ3) is 5.94. The highest BCUT2D eigenvalue weighted by atomic mass is 16.5. The van der Waals surface area contributed by atoms with Crippen LogP contribution >= 0.6 is 0 Å². The number of hydrogen-bond donors (Lipinski definition) is 1. The van der Waals surface area contributed by atoms with E-state index in [4.69, 9.17) is 19.0 Å². The Labute approximate surface area is 191 Å². The van der Waals surface area contributed by atoms with Crippen LogP contribution in [0.4, 0.5) is 0 Å². The van der Waals surface area contributed by atoms with E-state index < -0.39 is 0 Å². The second-order valence-corrected chi connectivity index (χ2v) is 8.82. The first kappa shape index (κ1) is 23.9. The van der Waals surface area contributed by atoms with Gasteiger partial charge in [-0.15, -0.1) is 0 Å². The molecule has 8 nitrogen and oxygen atoms in total. The molecule has 2 heterocycles. The molecule has 1 N–H and O–H groups in total. The van der Waals surface area contributed by atoms with Gasteiger partial charge in [0.25, 0.3) is 0 Å². The minimum atomic E-state index is -0.146. The van der Waals surface area contributed by atoms with E-state index in [2.05, 4.69) is 47.1 Å². The molecule has 1 aliphatic heterocycles. The van der Waals surface area contributed by atoms with Gasteiger partial charge in [-0.3, -0.25) is 9.89 Å². The molecule has 1 aromatic carbocycles. The molecule has 0 aliphatic carbocycles. The predicted molar refractivity (Wildman–Crippen MR) is 127 cm³/mol. The average Bonchev–Trinajstić information content (AvgIpc) is 3.21. The Kier molecular flexibility index (Phi) is 8.01. The highest BCUT2D eigenvalue weighted by Crippen LogP contribution is 2.33. The number of aromatic nitrogens is 1. The Hall–Kier alpha value is -2.74. The highest BCUT2D eigenvalue weighted by Gasteiger charge is 2.25. The van der Waals surface area contributed by atoms with Crippen molar-refractivity contribution in [3.05, 3.63) is 41.3 Å². The summed E-state index contributed by atoms with van der Waals surface area (Å²) in [5.41, 5.74) is 2.02. The van der Waals surface area contributed by atoms with Crippen LogP contribution < -0.4 is 14.8 Å². The molecule has 176 valence electrons. The summed E-state index contributed by atoms with van der Waals surface area (Å²) < 4.78 is 16.1. The first-order chi connectivity index (χ1) is 15.4. The molecule has 1 aromatic heterocycles. The number of methoxy groups -OCH3 is 2. The molecule has 8 heteroatoms. The van der Waals surface area contributed by atoms with Gasteiger partial charge in [-0.05, 0) is 31.5 Å². The normalized spacial score (nSPS) is 15.7. The summed E-state index contributed by atoms with van der Waals surface area (Å²) in [5, 5.41) is 7.59. The zero-order valence-corrected chi connectivity index (χ0v) is 20.3. The Morgan fingerprint density at radius 3 is 2.44 bits per heavy atom. The maximum absolute atomic E-state index is 5.49. The van der Waals surface area contributed by atoms with Crippen molar-refractivity contribution in [2.24, 2.45) is 4.99 Å². The van der Waals surface area contributed by atoms with Crippen LogP contribution in [0.3, 0.4) is 0 Å². The number of piperazine rings is 1. The third-order valence-corrected chi connectivity index (χ3v) is 5.86. The average molecular weight is 444 g/mol. The van der Waals surface area contributed by atoms with Crippen molar-refractivity contribution in [1.29, 1.82) is 0 Å². The van der Waals surface area contributed by atoms with Gasteiger partial charge in [0.1, 0.15) is 5.76 Å². The molecule has 0 amide bonds. The number of aliphatic imine (C=N–C) groups is 1. The molecule has 3 rings (SSSR count). The first-order valence-electron chi connectivity index (χ1n) is 11.3. The van der Waals surface area contributed by atoms with E-state index in [-0.39, 0.29) is 5.41 Å². The van der Waals surface area contributed by atoms with Crippen LogP contribution in [-0.4, -0.2) is 74.4 Å². The molecule has 0 atom stereocenters. The first-order valence-corrected chi connectivity index (χ1v) is 11.3. The lowest BCUT2D eigenvalue weighted by atomic mass is 9.84. The van der Waals surface area contributed by atoms with E-state index >= 15 is 0 Å². The fraction of sp³-hybridized carbons (Fsp3) is 0.583. The molecule has 1 saturated heterocycles. The van der Waals surface area contributed by atoms with E-state index in [9.17, 15) is 0 Å². The van der Waals surface area contributed by atoms with E-state index in [0.29, 0.717) is 6.54 Å². The van der Waals surface area contributed by atoms with E-state index in [1.807, 2.05) is 25.1 Å². The number of benzene rings is 1. The van der Waals surface area contributed by atoms with Crippen molar-refractivity contribution in [3.63, 3.8) is 0 Å². The number of guanidine groups is 1. The lowest BCUT2D eigenvalue weighted by Gasteiger charge is -2.36. The van der Waals surface area contributed by atoms with Gasteiger partial charge in [-0.1, -0.05) is 25.1 Å². The van der Waals surface area contributed by atoms with Crippen LogP contribution in [0, 0.1) is 6.92 Å². The van der Waals surface area contributed by atoms with Crippen LogP contribution in [0.5, 0.6) is 11.5 Å². The Morgan fingerprint density at radius 1 is 1.12 bits per heavy atom.